The molecule has 1 amide bonds. The van der Waals surface area contributed by atoms with E-state index in [-0.39, 0.29) is 5.91 Å². The molecule has 2 aromatic carbocycles. The second-order valence-electron chi connectivity index (χ2n) is 4.76. The van der Waals surface area contributed by atoms with E-state index < -0.39 is 0 Å². The Morgan fingerprint density at radius 2 is 2.00 bits per heavy atom. The molecule has 0 spiro atoms. The molecule has 0 heterocycles. The van der Waals surface area contributed by atoms with Crippen LogP contribution in [-0.4, -0.2) is 19.6 Å². The molecule has 0 aliphatic heterocycles. The SMILES string of the molecule is COCCc1ccccc1NC(=O)c1cccc(CN)c1. The Morgan fingerprint density at radius 3 is 2.76 bits per heavy atom. The number of hydrogen-bond acceptors (Lipinski definition) is 3. The molecule has 0 saturated heterocycles. The predicted molar refractivity (Wildman–Crippen MR) is 84.3 cm³/mol. The summed E-state index contributed by atoms with van der Waals surface area (Å²) in [4.78, 5) is 12.3. The summed E-state index contributed by atoms with van der Waals surface area (Å²) in [6.07, 6.45) is 0.760. The first-order chi connectivity index (χ1) is 10.2. The molecule has 4 heteroatoms. The standard InChI is InChI=1S/C17H20N2O2/c1-21-10-9-14-6-2-3-8-16(14)19-17(20)15-7-4-5-13(11-15)12-18/h2-8,11H,9-10,12,18H2,1H3,(H,19,20). The maximum Gasteiger partial charge on any atom is 0.255 e. The summed E-state index contributed by atoms with van der Waals surface area (Å²) in [6.45, 7) is 1.04. The first-order valence-electron chi connectivity index (χ1n) is 6.92. The van der Waals surface area contributed by atoms with Crippen LogP contribution in [0.15, 0.2) is 48.5 Å². The van der Waals surface area contributed by atoms with Crippen molar-refractivity contribution in [2.45, 2.75) is 13.0 Å². The van der Waals surface area contributed by atoms with Crippen molar-refractivity contribution in [3.63, 3.8) is 0 Å². The molecule has 4 nitrogen and oxygen atoms in total. The minimum atomic E-state index is -0.129. The molecule has 0 aliphatic rings. The quantitative estimate of drug-likeness (QED) is 0.857. The summed E-state index contributed by atoms with van der Waals surface area (Å²) in [5.74, 6) is -0.129. The number of anilines is 1. The third-order valence-electron chi connectivity index (χ3n) is 3.27. The van der Waals surface area contributed by atoms with E-state index >= 15 is 0 Å². The second kappa shape index (κ2) is 7.57. The normalized spacial score (nSPS) is 10.4. The number of amides is 1. The minimum Gasteiger partial charge on any atom is -0.384 e. The molecule has 0 aromatic heterocycles. The van der Waals surface area contributed by atoms with Gasteiger partial charge in [-0.05, 0) is 35.7 Å². The Hall–Kier alpha value is -2.17. The van der Waals surface area contributed by atoms with E-state index in [2.05, 4.69) is 5.32 Å². The van der Waals surface area contributed by atoms with Crippen LogP contribution >= 0.6 is 0 Å². The molecule has 2 aromatic rings. The highest BCUT2D eigenvalue weighted by atomic mass is 16.5. The van der Waals surface area contributed by atoms with Crippen molar-refractivity contribution in [2.75, 3.05) is 19.0 Å². The van der Waals surface area contributed by atoms with Crippen LogP contribution < -0.4 is 11.1 Å². The average Bonchev–Trinajstić information content (AvgIpc) is 2.54. The number of nitrogens with one attached hydrogen (secondary N) is 1. The highest BCUT2D eigenvalue weighted by molar-refractivity contribution is 6.04. The topological polar surface area (TPSA) is 64.3 Å². The molecule has 0 fully saturated rings. The van der Waals surface area contributed by atoms with E-state index in [1.54, 1.807) is 13.2 Å². The number of carbonyl (C=O) groups excluding carboxylic acids is 1. The summed E-state index contributed by atoms with van der Waals surface area (Å²) in [5.41, 5.74) is 9.03. The lowest BCUT2D eigenvalue weighted by molar-refractivity contribution is 0.102. The highest BCUT2D eigenvalue weighted by Gasteiger charge is 2.09. The number of methoxy groups -OCH3 is 1. The van der Waals surface area contributed by atoms with Crippen LogP contribution in [0.3, 0.4) is 0 Å². The molecule has 0 saturated carbocycles. The third-order valence-corrected chi connectivity index (χ3v) is 3.27. The summed E-state index contributed by atoms with van der Waals surface area (Å²) >= 11 is 0. The number of ether oxygens (including phenoxy) is 1. The lowest BCUT2D eigenvalue weighted by Gasteiger charge is -2.11. The Labute approximate surface area is 124 Å². The van der Waals surface area contributed by atoms with E-state index in [9.17, 15) is 4.79 Å². The number of nitrogens with two attached hydrogens (primary N) is 1. The molecule has 110 valence electrons. The van der Waals surface area contributed by atoms with E-state index in [0.29, 0.717) is 18.7 Å². The lowest BCUT2D eigenvalue weighted by Crippen LogP contribution is -2.14. The minimum absolute atomic E-state index is 0.129. The van der Waals surface area contributed by atoms with Crippen LogP contribution in [-0.2, 0) is 17.7 Å². The number of rotatable bonds is 6. The van der Waals surface area contributed by atoms with Gasteiger partial charge < -0.3 is 15.8 Å². The van der Waals surface area contributed by atoms with E-state index in [1.807, 2.05) is 42.5 Å². The predicted octanol–water partition coefficient (Wildman–Crippen LogP) is 2.59. The summed E-state index contributed by atoms with van der Waals surface area (Å²) in [7, 11) is 1.67. The van der Waals surface area contributed by atoms with Crippen molar-refractivity contribution >= 4 is 11.6 Å². The van der Waals surface area contributed by atoms with Crippen LogP contribution in [0.1, 0.15) is 21.5 Å². The number of para-hydroxylation sites is 1. The van der Waals surface area contributed by atoms with Gasteiger partial charge in [-0.25, -0.2) is 0 Å². The largest absolute Gasteiger partial charge is 0.384 e. The van der Waals surface area contributed by atoms with Crippen molar-refractivity contribution in [3.8, 4) is 0 Å². The molecule has 0 atom stereocenters. The first-order valence-corrected chi connectivity index (χ1v) is 6.92. The van der Waals surface area contributed by atoms with Crippen LogP contribution in [0.25, 0.3) is 0 Å². The molecule has 0 aliphatic carbocycles. The van der Waals surface area contributed by atoms with Crippen molar-refractivity contribution in [2.24, 2.45) is 5.73 Å². The lowest BCUT2D eigenvalue weighted by atomic mass is 10.1. The van der Waals surface area contributed by atoms with Gasteiger partial charge in [0.05, 0.1) is 6.61 Å². The van der Waals surface area contributed by atoms with Crippen LogP contribution in [0.5, 0.6) is 0 Å². The Kier molecular flexibility index (Phi) is 5.49. The van der Waals surface area contributed by atoms with Gasteiger partial charge in [-0.3, -0.25) is 4.79 Å². The fourth-order valence-electron chi connectivity index (χ4n) is 2.11. The van der Waals surface area contributed by atoms with Gasteiger partial charge in [-0.15, -0.1) is 0 Å². The van der Waals surface area contributed by atoms with Gasteiger partial charge >= 0.3 is 0 Å². The Morgan fingerprint density at radius 1 is 1.19 bits per heavy atom. The zero-order valence-corrected chi connectivity index (χ0v) is 12.1. The number of benzene rings is 2. The average molecular weight is 284 g/mol. The second-order valence-corrected chi connectivity index (χ2v) is 4.76. The zero-order chi connectivity index (χ0) is 15.1. The molecular formula is C17H20N2O2. The van der Waals surface area contributed by atoms with Crippen molar-refractivity contribution in [3.05, 3.63) is 65.2 Å². The summed E-state index contributed by atoms with van der Waals surface area (Å²) in [6, 6.07) is 15.1. The molecule has 0 unspecified atom stereocenters. The van der Waals surface area contributed by atoms with Gasteiger partial charge in [0.25, 0.3) is 5.91 Å². The Balaban J connectivity index is 2.15. The van der Waals surface area contributed by atoms with Crippen LogP contribution in [0.2, 0.25) is 0 Å². The van der Waals surface area contributed by atoms with Crippen molar-refractivity contribution in [1.82, 2.24) is 0 Å². The third kappa shape index (κ3) is 4.15. The molecule has 3 N–H and O–H groups in total. The van der Waals surface area contributed by atoms with Gasteiger partial charge in [-0.1, -0.05) is 30.3 Å². The zero-order valence-electron chi connectivity index (χ0n) is 12.1. The van der Waals surface area contributed by atoms with Gasteiger partial charge in [0.15, 0.2) is 0 Å². The van der Waals surface area contributed by atoms with Crippen LogP contribution in [0.4, 0.5) is 5.69 Å². The van der Waals surface area contributed by atoms with Gasteiger partial charge in [0, 0.05) is 24.9 Å². The molecule has 0 bridgehead atoms. The molecule has 21 heavy (non-hydrogen) atoms. The van der Waals surface area contributed by atoms with E-state index in [1.165, 1.54) is 0 Å². The maximum atomic E-state index is 12.3. The highest BCUT2D eigenvalue weighted by Crippen LogP contribution is 2.17. The number of hydrogen-bond donors (Lipinski definition) is 2. The van der Waals surface area contributed by atoms with Crippen LogP contribution in [0, 0.1) is 0 Å². The summed E-state index contributed by atoms with van der Waals surface area (Å²) < 4.78 is 5.09. The Bertz CT molecular complexity index is 611. The fourth-order valence-corrected chi connectivity index (χ4v) is 2.11. The van der Waals surface area contributed by atoms with E-state index in [0.717, 1.165) is 23.2 Å². The fraction of sp³-hybridized carbons (Fsp3) is 0.235. The van der Waals surface area contributed by atoms with Crippen molar-refractivity contribution in [1.29, 1.82) is 0 Å². The molecular weight excluding hydrogens is 264 g/mol. The smallest absolute Gasteiger partial charge is 0.255 e. The molecule has 0 radical (unpaired) electrons. The first kappa shape index (κ1) is 15.2. The van der Waals surface area contributed by atoms with Gasteiger partial charge in [0.2, 0.25) is 0 Å². The van der Waals surface area contributed by atoms with Gasteiger partial charge in [-0.2, -0.15) is 0 Å². The van der Waals surface area contributed by atoms with E-state index in [4.69, 9.17) is 10.5 Å². The summed E-state index contributed by atoms with van der Waals surface area (Å²) in [5, 5.41) is 2.95. The maximum absolute atomic E-state index is 12.3. The monoisotopic (exact) mass is 284 g/mol. The van der Waals surface area contributed by atoms with Crippen molar-refractivity contribution < 1.29 is 9.53 Å². The van der Waals surface area contributed by atoms with Gasteiger partial charge in [0.1, 0.15) is 0 Å². The molecule has 2 rings (SSSR count). The number of carbonyl (C=O) groups is 1.